The smallest absolute Gasteiger partial charge is 0.194 e. The number of rotatable bonds is 7. The van der Waals surface area contributed by atoms with E-state index in [2.05, 4.69) is 52.1 Å². The number of likely N-dealkylation sites (N-methyl/N-ethyl adjacent to an activating group) is 1. The summed E-state index contributed by atoms with van der Waals surface area (Å²) in [6, 6.07) is 4.28. The summed E-state index contributed by atoms with van der Waals surface area (Å²) < 4.78 is 0. The second-order valence-electron chi connectivity index (χ2n) is 5.44. The van der Waals surface area contributed by atoms with Gasteiger partial charge in [-0.2, -0.15) is 0 Å². The molecular weight excluding hydrogens is 326 g/mol. The highest BCUT2D eigenvalue weighted by atomic mass is 32.1. The summed E-state index contributed by atoms with van der Waals surface area (Å²) in [4.78, 5) is 14.9. The molecule has 0 unspecified atom stereocenters. The van der Waals surface area contributed by atoms with Gasteiger partial charge in [-0.15, -0.1) is 22.7 Å². The Bertz CT molecular complexity index is 604. The summed E-state index contributed by atoms with van der Waals surface area (Å²) in [6.07, 6.45) is 1.04. The Morgan fingerprint density at radius 2 is 2.13 bits per heavy atom. The van der Waals surface area contributed by atoms with Gasteiger partial charge in [-0.05, 0) is 24.8 Å². The molecule has 0 bridgehead atoms. The molecule has 0 fully saturated rings. The zero-order valence-corrected chi connectivity index (χ0v) is 15.9. The van der Waals surface area contributed by atoms with Crippen LogP contribution in [-0.4, -0.2) is 50.1 Å². The molecule has 0 atom stereocenters. The third-order valence-corrected chi connectivity index (χ3v) is 5.28. The minimum atomic E-state index is 0.607. The fourth-order valence-electron chi connectivity index (χ4n) is 2.04. The molecule has 0 radical (unpaired) electrons. The van der Waals surface area contributed by atoms with E-state index in [4.69, 9.17) is 4.99 Å². The van der Waals surface area contributed by atoms with Crippen molar-refractivity contribution < 1.29 is 0 Å². The summed E-state index contributed by atoms with van der Waals surface area (Å²) in [5, 5.41) is 8.58. The average Bonchev–Trinajstić information content (AvgIpc) is 3.20. The highest BCUT2D eigenvalue weighted by Crippen LogP contribution is 2.18. The zero-order chi connectivity index (χ0) is 16.7. The lowest BCUT2D eigenvalue weighted by Gasteiger charge is -2.21. The Morgan fingerprint density at radius 1 is 1.30 bits per heavy atom. The monoisotopic (exact) mass is 351 g/mol. The zero-order valence-electron chi connectivity index (χ0n) is 14.2. The molecule has 0 saturated heterocycles. The molecule has 2 aromatic heterocycles. The van der Waals surface area contributed by atoms with Gasteiger partial charge in [0.25, 0.3) is 0 Å². The fraction of sp³-hybridized carbons (Fsp3) is 0.500. The highest BCUT2D eigenvalue weighted by molar-refractivity contribution is 7.13. The molecule has 0 spiro atoms. The van der Waals surface area contributed by atoms with E-state index in [0.29, 0.717) is 6.54 Å². The maximum atomic E-state index is 4.72. The Labute approximate surface area is 146 Å². The second kappa shape index (κ2) is 8.88. The summed E-state index contributed by atoms with van der Waals surface area (Å²) in [6.45, 7) is 4.51. The summed E-state index contributed by atoms with van der Waals surface area (Å²) >= 11 is 3.46. The first-order valence-corrected chi connectivity index (χ1v) is 9.49. The van der Waals surface area contributed by atoms with E-state index in [-0.39, 0.29) is 0 Å². The largest absolute Gasteiger partial charge is 0.357 e. The Hall–Kier alpha value is -1.60. The molecule has 7 heteroatoms. The first-order chi connectivity index (χ1) is 11.1. The average molecular weight is 352 g/mol. The highest BCUT2D eigenvalue weighted by Gasteiger charge is 2.08. The van der Waals surface area contributed by atoms with Gasteiger partial charge in [-0.25, -0.2) is 9.98 Å². The van der Waals surface area contributed by atoms with Gasteiger partial charge < -0.3 is 15.1 Å². The Kier molecular flexibility index (Phi) is 6.85. The van der Waals surface area contributed by atoms with Gasteiger partial charge in [-0.3, -0.25) is 0 Å². The number of thiophene rings is 1. The number of aliphatic imine (C=N–C) groups is 1. The quantitative estimate of drug-likeness (QED) is 0.615. The molecular formula is C16H25N5S2. The summed E-state index contributed by atoms with van der Waals surface area (Å²) in [7, 11) is 6.10. The first-order valence-electron chi connectivity index (χ1n) is 7.73. The molecule has 23 heavy (non-hydrogen) atoms. The molecule has 2 rings (SSSR count). The van der Waals surface area contributed by atoms with Crippen LogP contribution in [0.3, 0.4) is 0 Å². The van der Waals surface area contributed by atoms with Crippen LogP contribution in [0.1, 0.15) is 17.5 Å². The predicted molar refractivity (Wildman–Crippen MR) is 102 cm³/mol. The van der Waals surface area contributed by atoms with Crippen molar-refractivity contribution in [3.05, 3.63) is 33.5 Å². The van der Waals surface area contributed by atoms with Gasteiger partial charge in [-0.1, -0.05) is 6.07 Å². The van der Waals surface area contributed by atoms with Crippen LogP contribution < -0.4 is 10.2 Å². The normalized spacial score (nSPS) is 11.6. The van der Waals surface area contributed by atoms with Crippen molar-refractivity contribution >= 4 is 33.8 Å². The minimum absolute atomic E-state index is 0.607. The molecule has 0 saturated carbocycles. The van der Waals surface area contributed by atoms with Gasteiger partial charge in [0.2, 0.25) is 0 Å². The molecule has 0 aliphatic rings. The SMILES string of the molecule is CCNC(=NCc1csc(N(C)C)n1)N(C)CCc1cccs1. The Morgan fingerprint density at radius 3 is 2.74 bits per heavy atom. The van der Waals surface area contributed by atoms with E-state index < -0.39 is 0 Å². The van der Waals surface area contributed by atoms with Crippen molar-refractivity contribution in [1.29, 1.82) is 0 Å². The van der Waals surface area contributed by atoms with Gasteiger partial charge >= 0.3 is 0 Å². The van der Waals surface area contributed by atoms with Crippen LogP contribution in [0.25, 0.3) is 0 Å². The number of nitrogens with zero attached hydrogens (tertiary/aromatic N) is 4. The van der Waals surface area contributed by atoms with Crippen LogP contribution in [-0.2, 0) is 13.0 Å². The fourth-order valence-corrected chi connectivity index (χ4v) is 3.49. The molecule has 0 aliphatic heterocycles. The van der Waals surface area contributed by atoms with Gasteiger partial charge in [0.15, 0.2) is 11.1 Å². The van der Waals surface area contributed by atoms with Crippen molar-refractivity contribution in [3.63, 3.8) is 0 Å². The molecule has 2 heterocycles. The van der Waals surface area contributed by atoms with E-state index in [1.54, 1.807) is 22.7 Å². The molecule has 0 amide bonds. The van der Waals surface area contributed by atoms with E-state index in [0.717, 1.165) is 36.3 Å². The molecule has 5 nitrogen and oxygen atoms in total. The summed E-state index contributed by atoms with van der Waals surface area (Å²) in [5.74, 6) is 0.934. The van der Waals surface area contributed by atoms with Crippen LogP contribution in [0.5, 0.6) is 0 Å². The minimum Gasteiger partial charge on any atom is -0.357 e. The lowest BCUT2D eigenvalue weighted by atomic mass is 10.3. The summed E-state index contributed by atoms with van der Waals surface area (Å²) in [5.41, 5.74) is 1.01. The van der Waals surface area contributed by atoms with E-state index in [9.17, 15) is 0 Å². The van der Waals surface area contributed by atoms with Crippen LogP contribution in [0, 0.1) is 0 Å². The van der Waals surface area contributed by atoms with Crippen molar-refractivity contribution in [1.82, 2.24) is 15.2 Å². The third kappa shape index (κ3) is 5.51. The maximum Gasteiger partial charge on any atom is 0.194 e. The first kappa shape index (κ1) is 17.7. The third-order valence-electron chi connectivity index (χ3n) is 3.28. The Balaban J connectivity index is 1.94. The molecule has 126 valence electrons. The van der Waals surface area contributed by atoms with Gasteiger partial charge in [0.1, 0.15) is 0 Å². The lowest BCUT2D eigenvalue weighted by Crippen LogP contribution is -2.39. The number of hydrogen-bond acceptors (Lipinski definition) is 5. The van der Waals surface area contributed by atoms with Gasteiger partial charge in [0.05, 0.1) is 12.2 Å². The van der Waals surface area contributed by atoms with Crippen molar-refractivity contribution in [2.75, 3.05) is 39.1 Å². The van der Waals surface area contributed by atoms with Crippen LogP contribution >= 0.6 is 22.7 Å². The van der Waals surface area contributed by atoms with E-state index in [1.165, 1.54) is 4.88 Å². The second-order valence-corrected chi connectivity index (χ2v) is 7.31. The van der Waals surface area contributed by atoms with Crippen LogP contribution in [0.4, 0.5) is 5.13 Å². The maximum absolute atomic E-state index is 4.72. The number of nitrogens with one attached hydrogen (secondary N) is 1. The van der Waals surface area contributed by atoms with Crippen LogP contribution in [0.2, 0.25) is 0 Å². The number of thiazole rings is 1. The molecule has 2 aromatic rings. The van der Waals surface area contributed by atoms with Crippen molar-refractivity contribution in [2.24, 2.45) is 4.99 Å². The van der Waals surface area contributed by atoms with Crippen molar-refractivity contribution in [2.45, 2.75) is 19.9 Å². The number of hydrogen-bond donors (Lipinski definition) is 1. The number of aromatic nitrogens is 1. The van der Waals surface area contributed by atoms with Gasteiger partial charge in [0, 0.05) is 44.5 Å². The molecule has 0 aliphatic carbocycles. The van der Waals surface area contributed by atoms with Crippen LogP contribution in [0.15, 0.2) is 27.9 Å². The lowest BCUT2D eigenvalue weighted by molar-refractivity contribution is 0.486. The van der Waals surface area contributed by atoms with E-state index >= 15 is 0 Å². The molecule has 1 N–H and O–H groups in total. The predicted octanol–water partition coefficient (Wildman–Crippen LogP) is 2.91. The van der Waals surface area contributed by atoms with Crippen molar-refractivity contribution in [3.8, 4) is 0 Å². The number of anilines is 1. The standard InChI is InChI=1S/C16H25N5S2/c1-5-17-15(21(4)9-8-14-7-6-10-22-14)18-11-13-12-23-16(19-13)20(2)3/h6-7,10,12H,5,8-9,11H2,1-4H3,(H,17,18). The topological polar surface area (TPSA) is 43.8 Å². The number of guanidine groups is 1. The van der Waals surface area contributed by atoms with E-state index in [1.807, 2.05) is 19.0 Å². The molecule has 0 aromatic carbocycles.